The van der Waals surface area contributed by atoms with Gasteiger partial charge in [0, 0.05) is 6.07 Å². The van der Waals surface area contributed by atoms with Crippen molar-refractivity contribution in [3.8, 4) is 22.9 Å². The largest absolute Gasteiger partial charge is 0.497 e. The van der Waals surface area contributed by atoms with Gasteiger partial charge in [-0.15, -0.1) is 0 Å². The van der Waals surface area contributed by atoms with Gasteiger partial charge >= 0.3 is 0 Å². The smallest absolute Gasteiger partial charge is 0.271 e. The number of aromatic amines is 1. The van der Waals surface area contributed by atoms with Gasteiger partial charge in [-0.3, -0.25) is 9.89 Å². The number of nitrogens with one attached hydrogen (secondary N) is 1. The second-order valence-corrected chi connectivity index (χ2v) is 4.02. The number of ether oxygens (including phenoxy) is 1. The van der Waals surface area contributed by atoms with E-state index in [1.165, 1.54) is 10.7 Å². The molecule has 0 radical (unpaired) electrons. The first-order chi connectivity index (χ1) is 9.28. The van der Waals surface area contributed by atoms with Gasteiger partial charge in [0.2, 0.25) is 0 Å². The van der Waals surface area contributed by atoms with Crippen LogP contribution in [0.4, 0.5) is 0 Å². The second-order valence-electron chi connectivity index (χ2n) is 4.02. The molecule has 0 spiro atoms. The third kappa shape index (κ3) is 2.06. The highest BCUT2D eigenvalue weighted by Crippen LogP contribution is 2.18. The van der Waals surface area contributed by atoms with E-state index in [2.05, 4.69) is 5.10 Å². The first-order valence-corrected chi connectivity index (χ1v) is 5.78. The summed E-state index contributed by atoms with van der Waals surface area (Å²) in [5.41, 5.74) is 1.24. The number of nitrogens with zero attached hydrogens (tertiary/aromatic N) is 1. The molecule has 1 aromatic carbocycles. The van der Waals surface area contributed by atoms with Crippen molar-refractivity contribution in [2.24, 2.45) is 0 Å². The summed E-state index contributed by atoms with van der Waals surface area (Å²) in [5, 5.41) is 3.01. The predicted molar refractivity (Wildman–Crippen MR) is 70.6 cm³/mol. The molecule has 0 bridgehead atoms. The summed E-state index contributed by atoms with van der Waals surface area (Å²) in [7, 11) is 1.60. The zero-order valence-electron chi connectivity index (χ0n) is 10.3. The van der Waals surface area contributed by atoms with Gasteiger partial charge in [0.25, 0.3) is 5.56 Å². The predicted octanol–water partition coefficient (Wildman–Crippen LogP) is 2.43. The minimum absolute atomic E-state index is 0.142. The molecule has 0 aliphatic carbocycles. The summed E-state index contributed by atoms with van der Waals surface area (Å²) < 4.78 is 11.8. The molecule has 0 aliphatic rings. The number of methoxy groups -OCH3 is 1. The van der Waals surface area contributed by atoms with Crippen LogP contribution in [-0.2, 0) is 0 Å². The summed E-state index contributed by atoms with van der Waals surface area (Å²) in [6, 6.07) is 12.3. The Morgan fingerprint density at radius 3 is 2.63 bits per heavy atom. The second kappa shape index (κ2) is 4.53. The Morgan fingerprint density at radius 2 is 2.00 bits per heavy atom. The summed E-state index contributed by atoms with van der Waals surface area (Å²) >= 11 is 0. The van der Waals surface area contributed by atoms with Crippen LogP contribution in [0.25, 0.3) is 17.1 Å². The van der Waals surface area contributed by atoms with Crippen LogP contribution < -0.4 is 10.3 Å². The van der Waals surface area contributed by atoms with Gasteiger partial charge < -0.3 is 9.15 Å². The summed E-state index contributed by atoms with van der Waals surface area (Å²) in [6.45, 7) is 0. The Kier molecular flexibility index (Phi) is 2.72. The van der Waals surface area contributed by atoms with Crippen LogP contribution in [0.2, 0.25) is 0 Å². The molecule has 3 rings (SSSR count). The first kappa shape index (κ1) is 11.4. The van der Waals surface area contributed by atoms with Crippen molar-refractivity contribution in [3.63, 3.8) is 0 Å². The SMILES string of the molecule is COc1ccc(-n2[nH]c(-c3ccco3)cc2=O)cc1. The third-order valence-electron chi connectivity index (χ3n) is 2.84. The first-order valence-electron chi connectivity index (χ1n) is 5.78. The minimum Gasteiger partial charge on any atom is -0.497 e. The van der Waals surface area contributed by atoms with Crippen LogP contribution in [-0.4, -0.2) is 16.9 Å². The Bertz CT molecular complexity index is 721. The molecule has 0 atom stereocenters. The minimum atomic E-state index is -0.142. The van der Waals surface area contributed by atoms with Crippen LogP contribution >= 0.6 is 0 Å². The van der Waals surface area contributed by atoms with Crippen LogP contribution in [0.5, 0.6) is 5.75 Å². The monoisotopic (exact) mass is 256 g/mol. The molecule has 5 nitrogen and oxygen atoms in total. The van der Waals surface area contributed by atoms with Crippen LogP contribution in [0.3, 0.4) is 0 Å². The number of aromatic nitrogens is 2. The van der Waals surface area contributed by atoms with E-state index in [1.807, 2.05) is 12.1 Å². The van der Waals surface area contributed by atoms with E-state index in [0.29, 0.717) is 11.5 Å². The van der Waals surface area contributed by atoms with E-state index in [1.54, 1.807) is 37.6 Å². The van der Waals surface area contributed by atoms with Crippen molar-refractivity contribution in [2.75, 3.05) is 7.11 Å². The van der Waals surface area contributed by atoms with Crippen LogP contribution in [0, 0.1) is 0 Å². The molecular weight excluding hydrogens is 244 g/mol. The Morgan fingerprint density at radius 1 is 1.21 bits per heavy atom. The number of benzene rings is 1. The van der Waals surface area contributed by atoms with E-state index in [-0.39, 0.29) is 5.56 Å². The van der Waals surface area contributed by atoms with Crippen molar-refractivity contribution in [2.45, 2.75) is 0 Å². The van der Waals surface area contributed by atoms with Gasteiger partial charge in [-0.25, -0.2) is 4.68 Å². The number of rotatable bonds is 3. The number of H-pyrrole nitrogens is 1. The van der Waals surface area contributed by atoms with E-state index < -0.39 is 0 Å². The molecule has 96 valence electrons. The van der Waals surface area contributed by atoms with Crippen molar-refractivity contribution in [1.82, 2.24) is 9.78 Å². The molecule has 19 heavy (non-hydrogen) atoms. The molecule has 3 aromatic rings. The normalized spacial score (nSPS) is 10.6. The fourth-order valence-corrected chi connectivity index (χ4v) is 1.88. The molecule has 0 saturated carbocycles. The Hall–Kier alpha value is -2.69. The molecule has 0 amide bonds. The number of hydrogen-bond donors (Lipinski definition) is 1. The Balaban J connectivity index is 2.03. The molecule has 2 heterocycles. The van der Waals surface area contributed by atoms with Crippen molar-refractivity contribution < 1.29 is 9.15 Å². The van der Waals surface area contributed by atoms with Gasteiger partial charge in [-0.2, -0.15) is 0 Å². The lowest BCUT2D eigenvalue weighted by molar-refractivity contribution is 0.414. The molecule has 0 saturated heterocycles. The molecule has 1 N–H and O–H groups in total. The van der Waals surface area contributed by atoms with E-state index in [4.69, 9.17) is 9.15 Å². The van der Waals surface area contributed by atoms with Gasteiger partial charge in [0.1, 0.15) is 11.4 Å². The van der Waals surface area contributed by atoms with Gasteiger partial charge in [-0.05, 0) is 36.4 Å². The van der Waals surface area contributed by atoms with E-state index in [0.717, 1.165) is 11.4 Å². The zero-order chi connectivity index (χ0) is 13.2. The molecule has 5 heteroatoms. The average Bonchev–Trinajstić information content (AvgIpc) is 3.08. The van der Waals surface area contributed by atoms with Crippen molar-refractivity contribution >= 4 is 0 Å². The van der Waals surface area contributed by atoms with Crippen molar-refractivity contribution in [1.29, 1.82) is 0 Å². The average molecular weight is 256 g/mol. The summed E-state index contributed by atoms with van der Waals surface area (Å²) in [6.07, 6.45) is 1.57. The summed E-state index contributed by atoms with van der Waals surface area (Å²) in [5.74, 6) is 1.37. The zero-order valence-corrected chi connectivity index (χ0v) is 10.3. The van der Waals surface area contributed by atoms with Crippen LogP contribution in [0.1, 0.15) is 0 Å². The van der Waals surface area contributed by atoms with Gasteiger partial charge in [0.15, 0.2) is 5.76 Å². The highest BCUT2D eigenvalue weighted by Gasteiger charge is 2.08. The van der Waals surface area contributed by atoms with E-state index >= 15 is 0 Å². The van der Waals surface area contributed by atoms with Crippen molar-refractivity contribution in [3.05, 3.63) is 59.1 Å². The quantitative estimate of drug-likeness (QED) is 0.783. The van der Waals surface area contributed by atoms with Crippen LogP contribution in [0.15, 0.2) is 57.9 Å². The summed E-state index contributed by atoms with van der Waals surface area (Å²) in [4.78, 5) is 11.9. The third-order valence-corrected chi connectivity index (χ3v) is 2.84. The highest BCUT2D eigenvalue weighted by atomic mass is 16.5. The van der Waals surface area contributed by atoms with Gasteiger partial charge in [-0.1, -0.05) is 0 Å². The lowest BCUT2D eigenvalue weighted by Gasteiger charge is -2.03. The maximum Gasteiger partial charge on any atom is 0.271 e. The fraction of sp³-hybridized carbons (Fsp3) is 0.0714. The highest BCUT2D eigenvalue weighted by molar-refractivity contribution is 5.51. The standard InChI is InChI=1S/C14H12N2O3/c1-18-11-6-4-10(5-7-11)16-14(17)9-12(15-16)13-3-2-8-19-13/h2-9,15H,1H3. The lowest BCUT2D eigenvalue weighted by atomic mass is 10.3. The number of furan rings is 1. The number of hydrogen-bond acceptors (Lipinski definition) is 3. The molecule has 0 unspecified atom stereocenters. The molecule has 0 fully saturated rings. The fourth-order valence-electron chi connectivity index (χ4n) is 1.88. The Labute approximate surface area is 109 Å². The molecule has 2 aromatic heterocycles. The molecule has 0 aliphatic heterocycles. The van der Waals surface area contributed by atoms with E-state index in [9.17, 15) is 4.79 Å². The molecular formula is C14H12N2O3. The van der Waals surface area contributed by atoms with Gasteiger partial charge in [0.05, 0.1) is 19.1 Å². The maximum absolute atomic E-state index is 11.9. The topological polar surface area (TPSA) is 60.2 Å². The lowest BCUT2D eigenvalue weighted by Crippen LogP contribution is -2.13. The maximum atomic E-state index is 11.9.